The van der Waals surface area contributed by atoms with Crippen molar-refractivity contribution < 1.29 is 19.0 Å². The average Bonchev–Trinajstić information content (AvgIpc) is 3.01. The first-order chi connectivity index (χ1) is 13.0. The first kappa shape index (κ1) is 18.9. The molecule has 0 spiro atoms. The summed E-state index contributed by atoms with van der Waals surface area (Å²) < 4.78 is 17.4. The van der Waals surface area contributed by atoms with Crippen LogP contribution in [0.5, 0.6) is 11.5 Å². The van der Waals surface area contributed by atoms with Gasteiger partial charge < -0.3 is 14.2 Å². The van der Waals surface area contributed by atoms with Crippen molar-refractivity contribution in [2.24, 2.45) is 4.99 Å². The molecule has 0 amide bonds. The number of halogens is 1. The Kier molecular flexibility index (Phi) is 5.76. The molecule has 2 aromatic carbocycles. The van der Waals surface area contributed by atoms with Crippen LogP contribution in [0.2, 0.25) is 0 Å². The van der Waals surface area contributed by atoms with Gasteiger partial charge in [-0.3, -0.25) is 0 Å². The highest BCUT2D eigenvalue weighted by Crippen LogP contribution is 2.34. The zero-order chi connectivity index (χ0) is 19.4. The number of carbonyl (C=O) groups excluding carboxylic acids is 1. The van der Waals surface area contributed by atoms with E-state index in [9.17, 15) is 4.79 Å². The van der Waals surface area contributed by atoms with Crippen molar-refractivity contribution in [2.75, 3.05) is 13.7 Å². The molecule has 1 aliphatic rings. The Morgan fingerprint density at radius 3 is 2.67 bits per heavy atom. The zero-order valence-electron chi connectivity index (χ0n) is 15.0. The second kappa shape index (κ2) is 8.22. The molecule has 1 aliphatic heterocycles. The van der Waals surface area contributed by atoms with Crippen LogP contribution in [-0.2, 0) is 9.53 Å². The molecule has 0 N–H and O–H groups in total. The number of carbonyl (C=O) groups is 1. The smallest absolute Gasteiger partial charge is 0.363 e. The van der Waals surface area contributed by atoms with Crippen LogP contribution in [0, 0.1) is 0 Å². The Hall–Kier alpha value is -2.86. The van der Waals surface area contributed by atoms with Gasteiger partial charge in [-0.25, -0.2) is 9.79 Å². The summed E-state index contributed by atoms with van der Waals surface area (Å²) >= 11 is 3.38. The molecular formula is C21H18BrNO4. The third-order valence-electron chi connectivity index (χ3n) is 3.70. The molecule has 0 aromatic heterocycles. The first-order valence-electron chi connectivity index (χ1n) is 8.20. The van der Waals surface area contributed by atoms with Gasteiger partial charge in [-0.2, -0.15) is 0 Å². The molecule has 138 valence electrons. The topological polar surface area (TPSA) is 57.1 Å². The van der Waals surface area contributed by atoms with Crippen molar-refractivity contribution in [1.29, 1.82) is 0 Å². The van der Waals surface area contributed by atoms with Crippen molar-refractivity contribution in [3.8, 4) is 11.5 Å². The van der Waals surface area contributed by atoms with Crippen LogP contribution in [0.1, 0.15) is 18.1 Å². The van der Waals surface area contributed by atoms with Crippen molar-refractivity contribution >= 4 is 33.9 Å². The lowest BCUT2D eigenvalue weighted by atomic mass is 10.1. The van der Waals surface area contributed by atoms with E-state index in [0.29, 0.717) is 23.7 Å². The second-order valence-corrected chi connectivity index (χ2v) is 6.88. The quantitative estimate of drug-likeness (QED) is 0.378. The van der Waals surface area contributed by atoms with E-state index in [1.807, 2.05) is 43.3 Å². The third kappa shape index (κ3) is 4.46. The van der Waals surface area contributed by atoms with Crippen LogP contribution in [0.3, 0.4) is 0 Å². The summed E-state index contributed by atoms with van der Waals surface area (Å²) in [4.78, 5) is 16.6. The van der Waals surface area contributed by atoms with E-state index < -0.39 is 5.97 Å². The van der Waals surface area contributed by atoms with Gasteiger partial charge in [-0.15, -0.1) is 0 Å². The highest BCUT2D eigenvalue weighted by molar-refractivity contribution is 9.10. The minimum atomic E-state index is -0.512. The molecule has 27 heavy (non-hydrogen) atoms. The number of para-hydroxylation sites is 1. The van der Waals surface area contributed by atoms with Gasteiger partial charge in [0, 0.05) is 15.6 Å². The Labute approximate surface area is 166 Å². The van der Waals surface area contributed by atoms with Gasteiger partial charge in [0.1, 0.15) is 6.61 Å². The van der Waals surface area contributed by atoms with Gasteiger partial charge in [-0.05, 0) is 48.9 Å². The van der Waals surface area contributed by atoms with E-state index in [-0.39, 0.29) is 11.6 Å². The summed E-state index contributed by atoms with van der Waals surface area (Å²) in [6, 6.07) is 12.8. The average molecular weight is 428 g/mol. The molecular weight excluding hydrogens is 410 g/mol. The first-order valence-corrected chi connectivity index (χ1v) is 9.00. The summed E-state index contributed by atoms with van der Waals surface area (Å²) in [6.45, 7) is 6.05. The molecule has 0 unspecified atom stereocenters. The van der Waals surface area contributed by atoms with Gasteiger partial charge >= 0.3 is 5.97 Å². The zero-order valence-corrected chi connectivity index (χ0v) is 16.6. The number of aliphatic imine (C=N–C) groups is 1. The normalized spacial score (nSPS) is 14.7. The molecule has 0 saturated carbocycles. The largest absolute Gasteiger partial charge is 0.493 e. The molecule has 0 bridgehead atoms. The molecule has 0 atom stereocenters. The van der Waals surface area contributed by atoms with Crippen molar-refractivity contribution in [1.82, 2.24) is 0 Å². The van der Waals surface area contributed by atoms with Crippen LogP contribution in [0.15, 0.2) is 69.8 Å². The van der Waals surface area contributed by atoms with Gasteiger partial charge in [0.2, 0.25) is 5.90 Å². The van der Waals surface area contributed by atoms with E-state index in [0.717, 1.165) is 15.6 Å². The fraction of sp³-hybridized carbons (Fsp3) is 0.143. The number of methoxy groups -OCH3 is 1. The number of hydrogen-bond acceptors (Lipinski definition) is 5. The maximum atomic E-state index is 12.3. The van der Waals surface area contributed by atoms with Crippen LogP contribution in [-0.4, -0.2) is 25.6 Å². The van der Waals surface area contributed by atoms with Crippen LogP contribution >= 0.6 is 15.9 Å². The van der Waals surface area contributed by atoms with Gasteiger partial charge in [0.05, 0.1) is 7.11 Å². The number of nitrogens with zero attached hydrogens (tertiary/aromatic N) is 1. The maximum Gasteiger partial charge on any atom is 0.363 e. The molecule has 3 rings (SSSR count). The summed E-state index contributed by atoms with van der Waals surface area (Å²) in [5.74, 6) is 0.845. The Bertz CT molecular complexity index is 945. The van der Waals surface area contributed by atoms with Gasteiger partial charge in [0.25, 0.3) is 0 Å². The minimum Gasteiger partial charge on any atom is -0.493 e. The van der Waals surface area contributed by atoms with Crippen molar-refractivity contribution in [3.05, 3.63) is 75.9 Å². The monoisotopic (exact) mass is 427 g/mol. The number of esters is 1. The van der Waals surface area contributed by atoms with E-state index in [1.165, 1.54) is 0 Å². The van der Waals surface area contributed by atoms with Crippen LogP contribution in [0.4, 0.5) is 0 Å². The number of ether oxygens (including phenoxy) is 3. The van der Waals surface area contributed by atoms with Crippen molar-refractivity contribution in [3.63, 3.8) is 0 Å². The fourth-order valence-corrected chi connectivity index (χ4v) is 2.69. The number of benzene rings is 2. The highest BCUT2D eigenvalue weighted by Gasteiger charge is 2.25. The van der Waals surface area contributed by atoms with E-state index >= 15 is 0 Å². The maximum absolute atomic E-state index is 12.3. The standard InChI is InChI=1S/C21H18BrNO4/c1-13(2)12-26-19-15(5-4-6-18(19)25-3)11-17-21(24)27-20(23-17)14-7-9-16(22)10-8-14/h4-11H,1,12H2,2-3H3/b17-11-. The summed E-state index contributed by atoms with van der Waals surface area (Å²) in [5, 5.41) is 0. The number of cyclic esters (lactones) is 1. The number of rotatable bonds is 6. The van der Waals surface area contributed by atoms with Gasteiger partial charge in [0.15, 0.2) is 17.2 Å². The Balaban J connectivity index is 1.97. The molecule has 0 radical (unpaired) electrons. The van der Waals surface area contributed by atoms with Gasteiger partial charge in [-0.1, -0.05) is 34.6 Å². The molecule has 0 aliphatic carbocycles. The summed E-state index contributed by atoms with van der Waals surface area (Å²) in [5.41, 5.74) is 2.46. The van der Waals surface area contributed by atoms with Crippen LogP contribution in [0.25, 0.3) is 6.08 Å². The SMILES string of the molecule is C=C(C)COc1c(/C=C2\N=C(c3ccc(Br)cc3)OC2=O)cccc1OC. The fourth-order valence-electron chi connectivity index (χ4n) is 2.43. The van der Waals surface area contributed by atoms with E-state index in [4.69, 9.17) is 14.2 Å². The van der Waals surface area contributed by atoms with Crippen molar-refractivity contribution in [2.45, 2.75) is 6.92 Å². The lowest BCUT2D eigenvalue weighted by Gasteiger charge is -2.13. The predicted molar refractivity (Wildman–Crippen MR) is 108 cm³/mol. The predicted octanol–water partition coefficient (Wildman–Crippen LogP) is 4.76. The molecule has 1 heterocycles. The van der Waals surface area contributed by atoms with E-state index in [2.05, 4.69) is 27.5 Å². The highest BCUT2D eigenvalue weighted by atomic mass is 79.9. The molecule has 0 saturated heterocycles. The number of hydrogen-bond donors (Lipinski definition) is 0. The van der Waals surface area contributed by atoms with E-state index in [1.54, 1.807) is 19.3 Å². The minimum absolute atomic E-state index is 0.196. The lowest BCUT2D eigenvalue weighted by molar-refractivity contribution is -0.129. The Morgan fingerprint density at radius 1 is 1.26 bits per heavy atom. The third-order valence-corrected chi connectivity index (χ3v) is 4.22. The Morgan fingerprint density at radius 2 is 2.00 bits per heavy atom. The van der Waals surface area contributed by atoms with Crippen LogP contribution < -0.4 is 9.47 Å². The molecule has 0 fully saturated rings. The second-order valence-electron chi connectivity index (χ2n) is 5.97. The molecule has 2 aromatic rings. The molecule has 5 nitrogen and oxygen atoms in total. The molecule has 6 heteroatoms. The lowest BCUT2D eigenvalue weighted by Crippen LogP contribution is -2.05. The summed E-state index contributed by atoms with van der Waals surface area (Å²) in [6.07, 6.45) is 1.63. The summed E-state index contributed by atoms with van der Waals surface area (Å²) in [7, 11) is 1.56.